The van der Waals surface area contributed by atoms with Gasteiger partial charge in [0, 0.05) is 5.56 Å². The molecule has 1 aromatic heterocycles. The molecule has 27 heavy (non-hydrogen) atoms. The second kappa shape index (κ2) is 5.55. The van der Waals surface area contributed by atoms with Gasteiger partial charge in [0.2, 0.25) is 0 Å². The normalized spacial score (nSPS) is 16.2. The van der Waals surface area contributed by atoms with E-state index in [0.717, 1.165) is 6.42 Å². The average molecular weight is 346 g/mol. The highest BCUT2D eigenvalue weighted by Gasteiger charge is 2.26. The van der Waals surface area contributed by atoms with Crippen molar-refractivity contribution in [2.24, 2.45) is 0 Å². The Balaban J connectivity index is 1.46. The Morgan fingerprint density at radius 3 is 2.63 bits per heavy atom. The molecule has 0 fully saturated rings. The van der Waals surface area contributed by atoms with Crippen molar-refractivity contribution in [1.29, 1.82) is 0 Å². The van der Waals surface area contributed by atoms with E-state index in [0.29, 0.717) is 0 Å². The van der Waals surface area contributed by atoms with Gasteiger partial charge in [0.25, 0.3) is 0 Å². The number of fused-ring (bicyclic) bond motifs is 6. The van der Waals surface area contributed by atoms with Crippen LogP contribution in [0.4, 0.5) is 0 Å². The third-order valence-corrected chi connectivity index (χ3v) is 5.83. The molecule has 1 aliphatic carbocycles. The van der Waals surface area contributed by atoms with Crippen molar-refractivity contribution in [3.8, 4) is 22.4 Å². The minimum Gasteiger partial charge on any atom is -0.319 e. The molecule has 1 atom stereocenters. The summed E-state index contributed by atoms with van der Waals surface area (Å²) in [5.41, 5.74) is 10.7. The summed E-state index contributed by atoms with van der Waals surface area (Å²) in [4.78, 5) is 4.36. The van der Waals surface area contributed by atoms with Gasteiger partial charge in [0.1, 0.15) is 0 Å². The highest BCUT2D eigenvalue weighted by Crippen LogP contribution is 2.42. The number of hydrogen-bond donors (Lipinski definition) is 0. The van der Waals surface area contributed by atoms with Crippen molar-refractivity contribution >= 4 is 6.08 Å². The van der Waals surface area contributed by atoms with Gasteiger partial charge < -0.3 is 4.57 Å². The first-order valence-electron chi connectivity index (χ1n) is 9.39. The molecule has 1 unspecified atom stereocenters. The summed E-state index contributed by atoms with van der Waals surface area (Å²) >= 11 is 0. The number of imidazole rings is 1. The molecule has 0 N–H and O–H groups in total. The molecule has 0 amide bonds. The van der Waals surface area contributed by atoms with E-state index < -0.39 is 0 Å². The lowest BCUT2D eigenvalue weighted by Crippen LogP contribution is -2.00. The summed E-state index contributed by atoms with van der Waals surface area (Å²) in [6.45, 7) is 0. The molecule has 3 aromatic carbocycles. The van der Waals surface area contributed by atoms with E-state index in [4.69, 9.17) is 0 Å². The molecular weight excluding hydrogens is 328 g/mol. The van der Waals surface area contributed by atoms with Crippen LogP contribution in [0.2, 0.25) is 0 Å². The molecule has 2 nitrogen and oxygen atoms in total. The fraction of sp³-hybridized carbons (Fsp3) is 0.0800. The zero-order chi connectivity index (χ0) is 17.8. The predicted octanol–water partition coefficient (Wildman–Crippen LogP) is 5.74. The Labute approximate surface area is 158 Å². The lowest BCUT2D eigenvalue weighted by Gasteiger charge is -2.11. The lowest BCUT2D eigenvalue weighted by molar-refractivity contribution is 0.738. The summed E-state index contributed by atoms with van der Waals surface area (Å²) in [5.74, 6) is 0. The molecule has 4 aromatic rings. The van der Waals surface area contributed by atoms with Crippen molar-refractivity contribution in [2.45, 2.75) is 12.5 Å². The molecule has 0 radical (unpaired) electrons. The Hall–Kier alpha value is -3.39. The summed E-state index contributed by atoms with van der Waals surface area (Å²) in [5, 5.41) is 0. The number of allylic oxidation sites excluding steroid dienone is 1. The second-order valence-electron chi connectivity index (χ2n) is 7.29. The molecule has 0 saturated heterocycles. The van der Waals surface area contributed by atoms with Crippen LogP contribution in [-0.2, 0) is 6.42 Å². The molecule has 2 heterocycles. The molecule has 6 rings (SSSR count). The van der Waals surface area contributed by atoms with E-state index in [9.17, 15) is 0 Å². The van der Waals surface area contributed by atoms with Crippen LogP contribution in [0, 0.1) is 0 Å². The average Bonchev–Trinajstić information content (AvgIpc) is 3.39. The highest BCUT2D eigenvalue weighted by molar-refractivity contribution is 5.84. The van der Waals surface area contributed by atoms with Crippen LogP contribution in [0.5, 0.6) is 0 Å². The van der Waals surface area contributed by atoms with Gasteiger partial charge in [-0.05, 0) is 39.8 Å². The Kier molecular flexibility index (Phi) is 3.03. The van der Waals surface area contributed by atoms with Crippen LogP contribution in [0.25, 0.3) is 28.5 Å². The molecule has 2 heteroatoms. The van der Waals surface area contributed by atoms with Crippen molar-refractivity contribution in [2.75, 3.05) is 0 Å². The third kappa shape index (κ3) is 2.10. The van der Waals surface area contributed by atoms with Gasteiger partial charge in [-0.25, -0.2) is 4.98 Å². The van der Waals surface area contributed by atoms with Crippen molar-refractivity contribution in [1.82, 2.24) is 9.55 Å². The maximum absolute atomic E-state index is 4.36. The standard InChI is InChI=1S/C25H18N2/c1-2-9-20-18(6-1)14-19-8-5-7-17(25(19)20)12-13-23-21-10-3-4-11-22(21)24-15-26-16-27(23)24/h1-13,15-16,23H,14H2. The Morgan fingerprint density at radius 1 is 0.852 bits per heavy atom. The summed E-state index contributed by atoms with van der Waals surface area (Å²) < 4.78 is 2.26. The Morgan fingerprint density at radius 2 is 1.67 bits per heavy atom. The maximum atomic E-state index is 4.36. The molecule has 0 bridgehead atoms. The van der Waals surface area contributed by atoms with Crippen molar-refractivity contribution in [3.63, 3.8) is 0 Å². The van der Waals surface area contributed by atoms with Gasteiger partial charge >= 0.3 is 0 Å². The van der Waals surface area contributed by atoms with Gasteiger partial charge in [-0.2, -0.15) is 0 Å². The van der Waals surface area contributed by atoms with Crippen LogP contribution >= 0.6 is 0 Å². The van der Waals surface area contributed by atoms with E-state index in [1.54, 1.807) is 0 Å². The van der Waals surface area contributed by atoms with E-state index in [-0.39, 0.29) is 6.04 Å². The third-order valence-electron chi connectivity index (χ3n) is 5.83. The highest BCUT2D eigenvalue weighted by atomic mass is 15.1. The van der Waals surface area contributed by atoms with Gasteiger partial charge in [0.05, 0.1) is 24.3 Å². The monoisotopic (exact) mass is 346 g/mol. The van der Waals surface area contributed by atoms with Gasteiger partial charge in [-0.3, -0.25) is 0 Å². The molecule has 0 saturated carbocycles. The molecule has 0 spiro atoms. The summed E-state index contributed by atoms with van der Waals surface area (Å²) in [6, 6.07) is 24.3. The maximum Gasteiger partial charge on any atom is 0.0959 e. The van der Waals surface area contributed by atoms with E-state index in [2.05, 4.69) is 88.4 Å². The minimum absolute atomic E-state index is 0.200. The zero-order valence-electron chi connectivity index (χ0n) is 14.8. The SMILES string of the molecule is C(=CC1c2ccccc2-c2cncn21)c1cccc2c1-c1ccccc1C2. The second-order valence-corrected chi connectivity index (χ2v) is 7.29. The summed E-state index contributed by atoms with van der Waals surface area (Å²) in [7, 11) is 0. The number of aromatic nitrogens is 2. The van der Waals surface area contributed by atoms with E-state index in [1.807, 2.05) is 12.5 Å². The van der Waals surface area contributed by atoms with Gasteiger partial charge in [-0.15, -0.1) is 0 Å². The van der Waals surface area contributed by atoms with E-state index >= 15 is 0 Å². The quantitative estimate of drug-likeness (QED) is 0.399. The van der Waals surface area contributed by atoms with Crippen LogP contribution < -0.4 is 0 Å². The molecule has 128 valence electrons. The van der Waals surface area contributed by atoms with Crippen LogP contribution in [0.15, 0.2) is 85.3 Å². The molecule has 2 aliphatic rings. The molecule has 1 aliphatic heterocycles. The fourth-order valence-corrected chi connectivity index (χ4v) is 4.62. The van der Waals surface area contributed by atoms with Gasteiger partial charge in [0.15, 0.2) is 0 Å². The summed E-state index contributed by atoms with van der Waals surface area (Å²) in [6.07, 6.45) is 9.54. The number of benzene rings is 3. The predicted molar refractivity (Wildman–Crippen MR) is 110 cm³/mol. The number of hydrogen-bond acceptors (Lipinski definition) is 1. The smallest absolute Gasteiger partial charge is 0.0959 e. The Bertz CT molecular complexity index is 1210. The molecular formula is C25H18N2. The van der Waals surface area contributed by atoms with Crippen LogP contribution in [0.3, 0.4) is 0 Å². The first-order valence-corrected chi connectivity index (χ1v) is 9.39. The first-order chi connectivity index (χ1) is 13.4. The minimum atomic E-state index is 0.200. The van der Waals surface area contributed by atoms with Crippen LogP contribution in [0.1, 0.15) is 28.3 Å². The fourth-order valence-electron chi connectivity index (χ4n) is 4.62. The first kappa shape index (κ1) is 14.7. The zero-order valence-corrected chi connectivity index (χ0v) is 14.8. The topological polar surface area (TPSA) is 17.8 Å². The van der Waals surface area contributed by atoms with Crippen molar-refractivity contribution < 1.29 is 0 Å². The number of nitrogens with zero attached hydrogens (tertiary/aromatic N) is 2. The van der Waals surface area contributed by atoms with Crippen molar-refractivity contribution in [3.05, 3.63) is 108 Å². The van der Waals surface area contributed by atoms with E-state index in [1.165, 1.54) is 44.6 Å². The van der Waals surface area contributed by atoms with Gasteiger partial charge in [-0.1, -0.05) is 78.9 Å². The van der Waals surface area contributed by atoms with Crippen LogP contribution in [-0.4, -0.2) is 9.55 Å². The lowest BCUT2D eigenvalue weighted by atomic mass is 9.97. The number of rotatable bonds is 2. The largest absolute Gasteiger partial charge is 0.319 e.